The lowest BCUT2D eigenvalue weighted by Crippen LogP contribution is -2.42. The molecule has 0 radical (unpaired) electrons. The van der Waals surface area contributed by atoms with E-state index in [1.54, 1.807) is 54.6 Å². The predicted octanol–water partition coefficient (Wildman–Crippen LogP) is 5.09. The highest BCUT2D eigenvalue weighted by Gasteiger charge is 2.20. The molecule has 7 nitrogen and oxygen atoms in total. The lowest BCUT2D eigenvalue weighted by atomic mass is 9.97. The molecule has 1 amide bonds. The van der Waals surface area contributed by atoms with Gasteiger partial charge < -0.3 is 15.0 Å². The molecule has 2 aromatic carbocycles. The first-order valence-corrected chi connectivity index (χ1v) is 10.9. The van der Waals surface area contributed by atoms with Gasteiger partial charge in [-0.05, 0) is 36.2 Å². The quantitative estimate of drug-likeness (QED) is 0.280. The van der Waals surface area contributed by atoms with E-state index in [0.717, 1.165) is 25.1 Å². The van der Waals surface area contributed by atoms with Crippen LogP contribution in [0.4, 0.5) is 5.82 Å². The van der Waals surface area contributed by atoms with E-state index in [0.29, 0.717) is 39.1 Å². The molecule has 2 heterocycles. The average Bonchev–Trinajstić information content (AvgIpc) is 2.79. The van der Waals surface area contributed by atoms with Gasteiger partial charge in [-0.25, -0.2) is 4.98 Å². The molecule has 1 aromatic heterocycles. The van der Waals surface area contributed by atoms with Gasteiger partial charge in [-0.3, -0.25) is 15.0 Å². The van der Waals surface area contributed by atoms with Gasteiger partial charge in [-0.1, -0.05) is 49.4 Å². The highest BCUT2D eigenvalue weighted by Crippen LogP contribution is 2.22. The molecule has 0 saturated carbocycles. The standard InChI is InChI=1S/C25H23ClN4O3.CH4/c1-33-20-9-7-18(21(14-20)25(32)29-23-10-8-19(26)15-28-23)13-22(31)16-3-5-17(6-4-16)24(27)30-11-2-12-30;/h3-10,14-15,27H,2,11-13H2,1H3,(H,28,29,32);1H4. The number of pyridine rings is 1. The maximum absolute atomic E-state index is 13.0. The SMILES string of the molecule is C.COc1ccc(CC(=O)c2ccc(C(=N)N3CCC3)cc2)c(C(=O)Nc2ccc(Cl)cn2)c1. The minimum absolute atomic E-state index is 0. The van der Waals surface area contributed by atoms with Gasteiger partial charge in [-0.2, -0.15) is 0 Å². The lowest BCUT2D eigenvalue weighted by molar-refractivity contribution is 0.0992. The average molecular weight is 479 g/mol. The third-order valence-electron chi connectivity index (χ3n) is 5.53. The normalized spacial score (nSPS) is 12.2. The highest BCUT2D eigenvalue weighted by atomic mass is 35.5. The number of nitrogens with zero attached hydrogens (tertiary/aromatic N) is 2. The van der Waals surface area contributed by atoms with Gasteiger partial charge in [0.15, 0.2) is 5.78 Å². The number of ketones is 1. The maximum atomic E-state index is 13.0. The van der Waals surface area contributed by atoms with Crippen LogP contribution in [0, 0.1) is 5.41 Å². The number of benzene rings is 2. The van der Waals surface area contributed by atoms with Gasteiger partial charge in [0.05, 0.1) is 12.1 Å². The summed E-state index contributed by atoms with van der Waals surface area (Å²) in [6.07, 6.45) is 2.59. The molecule has 2 N–H and O–H groups in total. The number of halogens is 1. The summed E-state index contributed by atoms with van der Waals surface area (Å²) in [5, 5.41) is 11.4. The Morgan fingerprint density at radius 2 is 1.79 bits per heavy atom. The van der Waals surface area contributed by atoms with Crippen molar-refractivity contribution in [2.45, 2.75) is 20.3 Å². The third-order valence-corrected chi connectivity index (χ3v) is 5.76. The molecule has 0 bridgehead atoms. The number of amides is 1. The number of aromatic nitrogens is 1. The molecule has 1 aliphatic heterocycles. The van der Waals surface area contributed by atoms with E-state index in [4.69, 9.17) is 21.7 Å². The lowest BCUT2D eigenvalue weighted by Gasteiger charge is -2.33. The number of anilines is 1. The monoisotopic (exact) mass is 478 g/mol. The molecule has 0 aliphatic carbocycles. The van der Waals surface area contributed by atoms with Crippen molar-refractivity contribution in [1.29, 1.82) is 5.41 Å². The Morgan fingerprint density at radius 3 is 2.38 bits per heavy atom. The zero-order chi connectivity index (χ0) is 23.4. The van der Waals surface area contributed by atoms with E-state index < -0.39 is 5.91 Å². The second-order valence-electron chi connectivity index (χ2n) is 7.71. The Balaban J connectivity index is 0.00000324. The fraction of sp³-hybridized carbons (Fsp3) is 0.231. The summed E-state index contributed by atoms with van der Waals surface area (Å²) in [6.45, 7) is 1.79. The zero-order valence-electron chi connectivity index (χ0n) is 18.1. The van der Waals surface area contributed by atoms with Crippen LogP contribution in [0.1, 0.15) is 45.7 Å². The summed E-state index contributed by atoms with van der Waals surface area (Å²) in [6, 6.07) is 15.3. The van der Waals surface area contributed by atoms with Crippen molar-refractivity contribution >= 4 is 34.9 Å². The summed E-state index contributed by atoms with van der Waals surface area (Å²) in [7, 11) is 1.52. The van der Waals surface area contributed by atoms with Crippen molar-refractivity contribution in [1.82, 2.24) is 9.88 Å². The molecule has 1 aliphatic rings. The van der Waals surface area contributed by atoms with Gasteiger partial charge in [0, 0.05) is 42.4 Å². The second-order valence-corrected chi connectivity index (χ2v) is 8.14. The van der Waals surface area contributed by atoms with E-state index in [2.05, 4.69) is 10.3 Å². The summed E-state index contributed by atoms with van der Waals surface area (Å²) < 4.78 is 5.26. The third kappa shape index (κ3) is 5.61. The van der Waals surface area contributed by atoms with Gasteiger partial charge >= 0.3 is 0 Å². The van der Waals surface area contributed by atoms with Crippen LogP contribution in [-0.2, 0) is 6.42 Å². The van der Waals surface area contributed by atoms with Crippen LogP contribution in [0.2, 0.25) is 5.02 Å². The van der Waals surface area contributed by atoms with Crippen molar-refractivity contribution < 1.29 is 14.3 Å². The first kappa shape index (κ1) is 24.9. The number of amidine groups is 1. The second kappa shape index (κ2) is 10.9. The number of Topliss-reactive ketones (excluding diaryl/α,β-unsaturated/α-hetero) is 1. The molecule has 3 aromatic rings. The molecule has 4 rings (SSSR count). The van der Waals surface area contributed by atoms with E-state index in [9.17, 15) is 9.59 Å². The predicted molar refractivity (Wildman–Crippen MR) is 134 cm³/mol. The molecule has 176 valence electrons. The van der Waals surface area contributed by atoms with Crippen molar-refractivity contribution in [3.63, 3.8) is 0 Å². The van der Waals surface area contributed by atoms with Crippen LogP contribution in [0.3, 0.4) is 0 Å². The van der Waals surface area contributed by atoms with E-state index in [1.807, 2.05) is 4.90 Å². The summed E-state index contributed by atoms with van der Waals surface area (Å²) in [5.74, 6) is 0.815. The molecule has 1 saturated heterocycles. The molecular formula is C26H27ClN4O3. The van der Waals surface area contributed by atoms with Crippen LogP contribution in [0.15, 0.2) is 60.8 Å². The molecule has 8 heteroatoms. The molecule has 0 atom stereocenters. The summed E-state index contributed by atoms with van der Waals surface area (Å²) in [5.41, 5.74) is 2.21. The van der Waals surface area contributed by atoms with Crippen molar-refractivity contribution in [3.8, 4) is 5.75 Å². The number of likely N-dealkylation sites (tertiary alicyclic amines) is 1. The molecule has 0 spiro atoms. The fourth-order valence-corrected chi connectivity index (χ4v) is 3.60. The van der Waals surface area contributed by atoms with Crippen molar-refractivity contribution in [2.24, 2.45) is 0 Å². The van der Waals surface area contributed by atoms with Crippen LogP contribution in [0.5, 0.6) is 5.75 Å². The molecule has 34 heavy (non-hydrogen) atoms. The van der Waals surface area contributed by atoms with Gasteiger partial charge in [0.25, 0.3) is 5.91 Å². The summed E-state index contributed by atoms with van der Waals surface area (Å²) in [4.78, 5) is 32.0. The number of nitrogens with one attached hydrogen (secondary N) is 2. The number of carbonyl (C=O) groups is 2. The van der Waals surface area contributed by atoms with Crippen LogP contribution in [0.25, 0.3) is 0 Å². The van der Waals surface area contributed by atoms with Crippen LogP contribution in [-0.4, -0.2) is 47.6 Å². The van der Waals surface area contributed by atoms with E-state index in [-0.39, 0.29) is 19.6 Å². The first-order chi connectivity index (χ1) is 15.9. The Bertz CT molecular complexity index is 1190. The highest BCUT2D eigenvalue weighted by molar-refractivity contribution is 6.30. The number of carbonyl (C=O) groups excluding carboxylic acids is 2. The van der Waals surface area contributed by atoms with Crippen molar-refractivity contribution in [3.05, 3.63) is 88.1 Å². The maximum Gasteiger partial charge on any atom is 0.257 e. The number of methoxy groups -OCH3 is 1. The van der Waals surface area contributed by atoms with Crippen molar-refractivity contribution in [2.75, 3.05) is 25.5 Å². The van der Waals surface area contributed by atoms with Crippen LogP contribution < -0.4 is 10.1 Å². The van der Waals surface area contributed by atoms with Crippen LogP contribution >= 0.6 is 11.6 Å². The van der Waals surface area contributed by atoms with Gasteiger partial charge in [-0.15, -0.1) is 0 Å². The van der Waals surface area contributed by atoms with E-state index in [1.165, 1.54) is 13.3 Å². The minimum atomic E-state index is -0.398. The molecule has 0 unspecified atom stereocenters. The largest absolute Gasteiger partial charge is 0.497 e. The molecular weight excluding hydrogens is 452 g/mol. The Hall–Kier alpha value is -3.71. The summed E-state index contributed by atoms with van der Waals surface area (Å²) >= 11 is 5.85. The number of rotatable bonds is 7. The first-order valence-electron chi connectivity index (χ1n) is 10.5. The Morgan fingerprint density at radius 1 is 1.09 bits per heavy atom. The zero-order valence-corrected chi connectivity index (χ0v) is 18.9. The number of hydrogen-bond acceptors (Lipinski definition) is 5. The smallest absolute Gasteiger partial charge is 0.257 e. The van der Waals surface area contributed by atoms with Gasteiger partial charge in [0.2, 0.25) is 0 Å². The number of hydrogen-bond donors (Lipinski definition) is 2. The Kier molecular flexibility index (Phi) is 8.02. The fourth-order valence-electron chi connectivity index (χ4n) is 3.49. The Labute approximate surface area is 204 Å². The van der Waals surface area contributed by atoms with E-state index >= 15 is 0 Å². The van der Waals surface area contributed by atoms with Gasteiger partial charge in [0.1, 0.15) is 17.4 Å². The number of ether oxygens (including phenoxy) is 1. The minimum Gasteiger partial charge on any atom is -0.497 e. The topological polar surface area (TPSA) is 95.4 Å². The molecule has 1 fully saturated rings.